The van der Waals surface area contributed by atoms with Crippen molar-refractivity contribution in [1.29, 1.82) is 0 Å². The Balaban J connectivity index is 2.23. The Kier molecular flexibility index (Phi) is 2.55. The lowest BCUT2D eigenvalue weighted by atomic mass is 9.49. The molecule has 0 aromatic rings. The van der Waals surface area contributed by atoms with E-state index >= 15 is 0 Å². The standard InChI is InChI=1S/C12H21NO3/c1-10(2)7-12(16,8-10)11(9(14)15)3-5-13-6-4-11/h13,16H,3-8H2,1-2H3,(H,14,15). The number of carboxylic acids is 1. The van der Waals surface area contributed by atoms with Crippen molar-refractivity contribution in [2.45, 2.75) is 45.1 Å². The van der Waals surface area contributed by atoms with Crippen molar-refractivity contribution < 1.29 is 15.0 Å². The van der Waals surface area contributed by atoms with E-state index in [-0.39, 0.29) is 5.41 Å². The maximum absolute atomic E-state index is 11.5. The summed E-state index contributed by atoms with van der Waals surface area (Å²) in [4.78, 5) is 11.5. The zero-order valence-corrected chi connectivity index (χ0v) is 10.0. The number of rotatable bonds is 2. The molecule has 92 valence electrons. The van der Waals surface area contributed by atoms with Crippen LogP contribution in [0.2, 0.25) is 0 Å². The first-order valence-corrected chi connectivity index (χ1v) is 5.98. The van der Waals surface area contributed by atoms with Crippen LogP contribution in [-0.2, 0) is 4.79 Å². The van der Waals surface area contributed by atoms with Gasteiger partial charge in [0.15, 0.2) is 0 Å². The van der Waals surface area contributed by atoms with Crippen LogP contribution in [0.3, 0.4) is 0 Å². The van der Waals surface area contributed by atoms with E-state index in [4.69, 9.17) is 0 Å². The normalized spacial score (nSPS) is 30.4. The first-order valence-electron chi connectivity index (χ1n) is 5.98. The van der Waals surface area contributed by atoms with Gasteiger partial charge in [-0.15, -0.1) is 0 Å². The predicted molar refractivity (Wildman–Crippen MR) is 60.1 cm³/mol. The molecule has 4 heteroatoms. The zero-order chi connectivity index (χ0) is 12.0. The minimum Gasteiger partial charge on any atom is -0.481 e. The van der Waals surface area contributed by atoms with Crippen molar-refractivity contribution in [3.63, 3.8) is 0 Å². The third-order valence-corrected chi connectivity index (χ3v) is 4.30. The average Bonchev–Trinajstić information content (AvgIpc) is 2.15. The minimum atomic E-state index is -0.996. The molecule has 16 heavy (non-hydrogen) atoms. The third-order valence-electron chi connectivity index (χ3n) is 4.30. The molecule has 4 nitrogen and oxygen atoms in total. The fourth-order valence-electron chi connectivity index (χ4n) is 3.60. The number of aliphatic carboxylic acids is 1. The van der Waals surface area contributed by atoms with Crippen LogP contribution in [0.15, 0.2) is 0 Å². The molecule has 2 fully saturated rings. The summed E-state index contributed by atoms with van der Waals surface area (Å²) in [7, 11) is 0. The summed E-state index contributed by atoms with van der Waals surface area (Å²) in [6, 6.07) is 0. The summed E-state index contributed by atoms with van der Waals surface area (Å²) >= 11 is 0. The van der Waals surface area contributed by atoms with Gasteiger partial charge in [-0.25, -0.2) is 0 Å². The summed E-state index contributed by atoms with van der Waals surface area (Å²) in [6.45, 7) is 5.54. The van der Waals surface area contributed by atoms with E-state index in [1.54, 1.807) is 0 Å². The van der Waals surface area contributed by atoms with Crippen molar-refractivity contribution in [2.24, 2.45) is 10.8 Å². The summed E-state index contributed by atoms with van der Waals surface area (Å²) in [5.41, 5.74) is -1.83. The topological polar surface area (TPSA) is 69.6 Å². The molecule has 0 bridgehead atoms. The van der Waals surface area contributed by atoms with Gasteiger partial charge < -0.3 is 15.5 Å². The van der Waals surface area contributed by atoms with E-state index < -0.39 is 17.0 Å². The monoisotopic (exact) mass is 227 g/mol. The van der Waals surface area contributed by atoms with Gasteiger partial charge in [0, 0.05) is 0 Å². The highest BCUT2D eigenvalue weighted by atomic mass is 16.4. The van der Waals surface area contributed by atoms with Crippen LogP contribution >= 0.6 is 0 Å². The van der Waals surface area contributed by atoms with Crippen LogP contribution in [-0.4, -0.2) is 34.9 Å². The van der Waals surface area contributed by atoms with Gasteiger partial charge in [0.05, 0.1) is 11.0 Å². The quantitative estimate of drug-likeness (QED) is 0.658. The van der Waals surface area contributed by atoms with Crippen molar-refractivity contribution in [1.82, 2.24) is 5.32 Å². The molecule has 0 radical (unpaired) electrons. The number of hydrogen-bond acceptors (Lipinski definition) is 3. The van der Waals surface area contributed by atoms with E-state index in [2.05, 4.69) is 19.2 Å². The van der Waals surface area contributed by atoms with Gasteiger partial charge in [-0.1, -0.05) is 13.8 Å². The van der Waals surface area contributed by atoms with E-state index in [1.807, 2.05) is 0 Å². The first kappa shape index (κ1) is 11.9. The number of piperidine rings is 1. The Morgan fingerprint density at radius 2 is 1.69 bits per heavy atom. The Hall–Kier alpha value is -0.610. The van der Waals surface area contributed by atoms with Crippen LogP contribution in [0.4, 0.5) is 0 Å². The second-order valence-corrected chi connectivity index (χ2v) is 6.19. The average molecular weight is 227 g/mol. The smallest absolute Gasteiger partial charge is 0.312 e. The van der Waals surface area contributed by atoms with Crippen molar-refractivity contribution in [3.8, 4) is 0 Å². The van der Waals surface area contributed by atoms with Crippen LogP contribution < -0.4 is 5.32 Å². The molecule has 2 rings (SSSR count). The molecule has 0 spiro atoms. The maximum atomic E-state index is 11.5. The Morgan fingerprint density at radius 3 is 2.06 bits per heavy atom. The number of carboxylic acid groups (broad SMARTS) is 1. The van der Waals surface area contributed by atoms with Crippen molar-refractivity contribution >= 4 is 5.97 Å². The largest absolute Gasteiger partial charge is 0.481 e. The van der Waals surface area contributed by atoms with E-state index in [0.29, 0.717) is 38.8 Å². The molecule has 1 aliphatic heterocycles. The van der Waals surface area contributed by atoms with Crippen LogP contribution in [0.5, 0.6) is 0 Å². The number of carbonyl (C=O) groups is 1. The van der Waals surface area contributed by atoms with E-state index in [1.165, 1.54) is 0 Å². The highest BCUT2D eigenvalue weighted by Gasteiger charge is 2.63. The maximum Gasteiger partial charge on any atom is 0.312 e. The van der Waals surface area contributed by atoms with Gasteiger partial charge in [-0.05, 0) is 44.2 Å². The van der Waals surface area contributed by atoms with Gasteiger partial charge in [-0.3, -0.25) is 4.79 Å². The molecule has 0 unspecified atom stereocenters. The number of aliphatic hydroxyl groups is 1. The zero-order valence-electron chi connectivity index (χ0n) is 10.0. The highest BCUT2D eigenvalue weighted by Crippen LogP contribution is 2.58. The van der Waals surface area contributed by atoms with E-state index in [0.717, 1.165) is 0 Å². The van der Waals surface area contributed by atoms with Gasteiger partial charge >= 0.3 is 5.97 Å². The molecule has 2 aliphatic rings. The van der Waals surface area contributed by atoms with Crippen LogP contribution in [0, 0.1) is 10.8 Å². The van der Waals surface area contributed by atoms with Crippen LogP contribution in [0.25, 0.3) is 0 Å². The van der Waals surface area contributed by atoms with Gasteiger partial charge in [0.25, 0.3) is 0 Å². The molecular formula is C12H21NO3. The van der Waals surface area contributed by atoms with Gasteiger partial charge in [0.1, 0.15) is 0 Å². The molecule has 0 aromatic heterocycles. The van der Waals surface area contributed by atoms with Crippen molar-refractivity contribution in [3.05, 3.63) is 0 Å². The lowest BCUT2D eigenvalue weighted by Crippen LogP contribution is -2.65. The fraction of sp³-hybridized carbons (Fsp3) is 0.917. The molecule has 0 aromatic carbocycles. The Morgan fingerprint density at radius 1 is 1.19 bits per heavy atom. The number of nitrogens with one attached hydrogen (secondary N) is 1. The second kappa shape index (κ2) is 3.44. The summed E-state index contributed by atoms with van der Waals surface area (Å²) in [6.07, 6.45) is 2.28. The highest BCUT2D eigenvalue weighted by molar-refractivity contribution is 5.77. The van der Waals surface area contributed by atoms with Gasteiger partial charge in [0.2, 0.25) is 0 Å². The Bertz CT molecular complexity index is 297. The molecule has 3 N–H and O–H groups in total. The summed E-state index contributed by atoms with van der Waals surface area (Å²) < 4.78 is 0. The van der Waals surface area contributed by atoms with Gasteiger partial charge in [-0.2, -0.15) is 0 Å². The first-order chi connectivity index (χ1) is 7.31. The number of hydrogen-bond donors (Lipinski definition) is 3. The lowest BCUT2D eigenvalue weighted by molar-refractivity contribution is -0.216. The molecule has 1 heterocycles. The van der Waals surface area contributed by atoms with E-state index in [9.17, 15) is 15.0 Å². The molecular weight excluding hydrogens is 206 g/mol. The SMILES string of the molecule is CC1(C)CC(O)(C2(C(=O)O)CCNCC2)C1. The molecule has 1 saturated heterocycles. The van der Waals surface area contributed by atoms with Crippen LogP contribution in [0.1, 0.15) is 39.5 Å². The van der Waals surface area contributed by atoms with Crippen molar-refractivity contribution in [2.75, 3.05) is 13.1 Å². The molecule has 1 aliphatic carbocycles. The Labute approximate surface area is 96.0 Å². The molecule has 1 saturated carbocycles. The molecule has 0 amide bonds. The molecule has 0 atom stereocenters. The second-order valence-electron chi connectivity index (χ2n) is 6.19. The predicted octanol–water partition coefficient (Wildman–Crippen LogP) is 0.992. The third kappa shape index (κ3) is 1.55. The summed E-state index contributed by atoms with van der Waals surface area (Å²) in [5, 5.41) is 23.2. The lowest BCUT2D eigenvalue weighted by Gasteiger charge is -2.58. The summed E-state index contributed by atoms with van der Waals surface area (Å²) in [5.74, 6) is -0.827. The minimum absolute atomic E-state index is 0.0854. The fourth-order valence-corrected chi connectivity index (χ4v) is 3.60.